The van der Waals surface area contributed by atoms with E-state index in [0.29, 0.717) is 18.0 Å². The van der Waals surface area contributed by atoms with Crippen LogP contribution in [0.5, 0.6) is 0 Å². The van der Waals surface area contributed by atoms with Gasteiger partial charge >= 0.3 is 0 Å². The summed E-state index contributed by atoms with van der Waals surface area (Å²) >= 11 is 0. The summed E-state index contributed by atoms with van der Waals surface area (Å²) in [4.78, 5) is 0. The average molecular weight is 282 g/mol. The van der Waals surface area contributed by atoms with E-state index in [2.05, 4.69) is 54.5 Å². The first-order valence-electron chi connectivity index (χ1n) is 8.17. The number of hydrogen-bond acceptors (Lipinski definition) is 2. The van der Waals surface area contributed by atoms with Gasteiger partial charge in [0.2, 0.25) is 0 Å². The van der Waals surface area contributed by atoms with E-state index in [1.54, 1.807) is 0 Å². The molecule has 2 atom stereocenters. The Morgan fingerprint density at radius 3 is 2.76 bits per heavy atom. The van der Waals surface area contributed by atoms with E-state index in [1.165, 1.54) is 36.0 Å². The lowest BCUT2D eigenvalue weighted by Gasteiger charge is -2.24. The van der Waals surface area contributed by atoms with E-state index in [9.17, 15) is 0 Å². The van der Waals surface area contributed by atoms with Crippen LogP contribution in [0, 0.1) is 0 Å². The monoisotopic (exact) mass is 282 g/mol. The molecular formula is C19H26N2. The molecule has 1 saturated carbocycles. The topological polar surface area (TPSA) is 24.1 Å². The lowest BCUT2D eigenvalue weighted by Crippen LogP contribution is -2.41. The zero-order chi connectivity index (χ0) is 14.7. The van der Waals surface area contributed by atoms with Gasteiger partial charge in [0.05, 0.1) is 0 Å². The molecule has 1 saturated heterocycles. The summed E-state index contributed by atoms with van der Waals surface area (Å²) in [5, 5.41) is 7.27. The number of piperidine rings is 1. The molecule has 0 bridgehead atoms. The highest BCUT2D eigenvalue weighted by molar-refractivity contribution is 5.65. The molecule has 2 unspecified atom stereocenters. The summed E-state index contributed by atoms with van der Waals surface area (Å²) < 4.78 is 0. The fraction of sp³-hybridized carbons (Fsp3) is 0.474. The van der Waals surface area contributed by atoms with Crippen molar-refractivity contribution >= 4 is 12.2 Å². The molecule has 0 aromatic heterocycles. The Balaban J connectivity index is 1.65. The van der Waals surface area contributed by atoms with Crippen molar-refractivity contribution in [3.05, 3.63) is 47.5 Å². The van der Waals surface area contributed by atoms with Crippen LogP contribution in [0.2, 0.25) is 0 Å². The number of benzene rings is 1. The van der Waals surface area contributed by atoms with E-state index >= 15 is 0 Å². The molecule has 0 amide bonds. The Hall–Kier alpha value is -1.38. The highest BCUT2D eigenvalue weighted by Gasteiger charge is 2.39. The van der Waals surface area contributed by atoms with Crippen molar-refractivity contribution in [2.75, 3.05) is 13.1 Å². The van der Waals surface area contributed by atoms with Crippen LogP contribution in [-0.4, -0.2) is 25.2 Å². The molecule has 2 aliphatic rings. The van der Waals surface area contributed by atoms with E-state index in [1.807, 2.05) is 6.08 Å². The van der Waals surface area contributed by atoms with Crippen molar-refractivity contribution in [3.63, 3.8) is 0 Å². The van der Waals surface area contributed by atoms with Gasteiger partial charge in [0.25, 0.3) is 0 Å². The number of rotatable bonds is 5. The van der Waals surface area contributed by atoms with Gasteiger partial charge in [-0.25, -0.2) is 0 Å². The van der Waals surface area contributed by atoms with Crippen molar-refractivity contribution in [1.29, 1.82) is 0 Å². The zero-order valence-corrected chi connectivity index (χ0v) is 12.9. The van der Waals surface area contributed by atoms with Crippen molar-refractivity contribution in [2.24, 2.45) is 0 Å². The third-order valence-corrected chi connectivity index (χ3v) is 4.68. The highest BCUT2D eigenvalue weighted by atomic mass is 15.0. The summed E-state index contributed by atoms with van der Waals surface area (Å²) in [6.07, 6.45) is 10.0. The highest BCUT2D eigenvalue weighted by Crippen LogP contribution is 2.42. The Morgan fingerprint density at radius 2 is 2.05 bits per heavy atom. The smallest absolute Gasteiger partial charge is 0.0145 e. The molecule has 112 valence electrons. The molecule has 0 spiro atoms. The fourth-order valence-corrected chi connectivity index (χ4v) is 3.37. The SMILES string of the molecule is C=Cc1ccc(C2CC2NC2CCNCC2)cc1/C=C\C. The lowest BCUT2D eigenvalue weighted by atomic mass is 10.0. The quantitative estimate of drug-likeness (QED) is 0.863. The molecule has 21 heavy (non-hydrogen) atoms. The van der Waals surface area contributed by atoms with Crippen LogP contribution in [0.25, 0.3) is 12.2 Å². The molecule has 1 aromatic carbocycles. The standard InChI is InChI=1S/C19H26N2/c1-3-5-15-12-16(7-6-14(15)4-2)18-13-19(18)21-17-8-10-20-11-9-17/h3-7,12,17-21H,2,8-11,13H2,1H3/b5-3-. The van der Waals surface area contributed by atoms with Gasteiger partial charge in [0.1, 0.15) is 0 Å². The predicted molar refractivity (Wildman–Crippen MR) is 91.4 cm³/mol. The maximum absolute atomic E-state index is 3.90. The van der Waals surface area contributed by atoms with Gasteiger partial charge in [-0.05, 0) is 56.0 Å². The average Bonchev–Trinajstić information content (AvgIpc) is 3.28. The third-order valence-electron chi connectivity index (χ3n) is 4.68. The molecule has 2 N–H and O–H groups in total. The Morgan fingerprint density at radius 1 is 1.24 bits per heavy atom. The summed E-state index contributed by atoms with van der Waals surface area (Å²) in [7, 11) is 0. The van der Waals surface area contributed by atoms with E-state index in [4.69, 9.17) is 0 Å². The first kappa shape index (κ1) is 14.6. The summed E-state index contributed by atoms with van der Waals surface area (Å²) in [5.74, 6) is 0.697. The van der Waals surface area contributed by atoms with Crippen molar-refractivity contribution in [3.8, 4) is 0 Å². The van der Waals surface area contributed by atoms with Crippen LogP contribution in [0.15, 0.2) is 30.9 Å². The van der Waals surface area contributed by atoms with Crippen LogP contribution in [0.3, 0.4) is 0 Å². The van der Waals surface area contributed by atoms with Crippen LogP contribution < -0.4 is 10.6 Å². The molecular weight excluding hydrogens is 256 g/mol. The van der Waals surface area contributed by atoms with E-state index in [-0.39, 0.29) is 0 Å². The van der Waals surface area contributed by atoms with Gasteiger partial charge in [0, 0.05) is 18.0 Å². The minimum atomic E-state index is 0.682. The largest absolute Gasteiger partial charge is 0.317 e. The molecule has 2 fully saturated rings. The third kappa shape index (κ3) is 3.45. The fourth-order valence-electron chi connectivity index (χ4n) is 3.37. The number of hydrogen-bond donors (Lipinski definition) is 2. The molecule has 0 radical (unpaired) electrons. The summed E-state index contributed by atoms with van der Waals surface area (Å²) in [6.45, 7) is 8.29. The summed E-state index contributed by atoms with van der Waals surface area (Å²) in [6, 6.07) is 8.21. The summed E-state index contributed by atoms with van der Waals surface area (Å²) in [5.41, 5.74) is 3.98. The maximum atomic E-state index is 3.90. The first-order chi connectivity index (χ1) is 10.3. The minimum absolute atomic E-state index is 0.682. The van der Waals surface area contributed by atoms with Crippen LogP contribution in [0.1, 0.15) is 48.8 Å². The molecule has 2 nitrogen and oxygen atoms in total. The van der Waals surface area contributed by atoms with Crippen LogP contribution in [0.4, 0.5) is 0 Å². The second kappa shape index (κ2) is 6.59. The lowest BCUT2D eigenvalue weighted by molar-refractivity contribution is 0.383. The number of allylic oxidation sites excluding steroid dienone is 1. The molecule has 2 heteroatoms. The second-order valence-corrected chi connectivity index (χ2v) is 6.23. The second-order valence-electron chi connectivity index (χ2n) is 6.23. The van der Waals surface area contributed by atoms with Gasteiger partial charge in [-0.15, -0.1) is 0 Å². The molecule has 1 heterocycles. The zero-order valence-electron chi connectivity index (χ0n) is 12.9. The van der Waals surface area contributed by atoms with Gasteiger partial charge < -0.3 is 10.6 Å². The van der Waals surface area contributed by atoms with Gasteiger partial charge in [-0.1, -0.05) is 43.0 Å². The van der Waals surface area contributed by atoms with Crippen LogP contribution in [-0.2, 0) is 0 Å². The maximum Gasteiger partial charge on any atom is 0.0145 e. The van der Waals surface area contributed by atoms with Crippen molar-refractivity contribution < 1.29 is 0 Å². The minimum Gasteiger partial charge on any atom is -0.317 e. The Kier molecular flexibility index (Phi) is 4.57. The van der Waals surface area contributed by atoms with E-state index < -0.39 is 0 Å². The molecule has 3 rings (SSSR count). The van der Waals surface area contributed by atoms with Crippen molar-refractivity contribution in [2.45, 2.75) is 44.2 Å². The van der Waals surface area contributed by atoms with Gasteiger partial charge in [-0.3, -0.25) is 0 Å². The Bertz CT molecular complexity index is 526. The van der Waals surface area contributed by atoms with Gasteiger partial charge in [-0.2, -0.15) is 0 Å². The predicted octanol–water partition coefficient (Wildman–Crippen LogP) is 3.56. The Labute approximate surface area is 128 Å². The molecule has 1 aliphatic carbocycles. The van der Waals surface area contributed by atoms with E-state index in [0.717, 1.165) is 13.1 Å². The number of nitrogens with one attached hydrogen (secondary N) is 2. The normalized spacial score (nSPS) is 26.1. The first-order valence-corrected chi connectivity index (χ1v) is 8.17. The molecule has 1 aromatic rings. The van der Waals surface area contributed by atoms with Crippen LogP contribution >= 0.6 is 0 Å². The van der Waals surface area contributed by atoms with Crippen molar-refractivity contribution in [1.82, 2.24) is 10.6 Å². The van der Waals surface area contributed by atoms with Gasteiger partial charge in [0.15, 0.2) is 0 Å². The molecule has 1 aliphatic heterocycles.